The van der Waals surface area contributed by atoms with Crippen LogP contribution in [0.2, 0.25) is 0 Å². The van der Waals surface area contributed by atoms with Crippen molar-refractivity contribution in [3.63, 3.8) is 0 Å². The summed E-state index contributed by atoms with van der Waals surface area (Å²) in [5.74, 6) is 0.602. The van der Waals surface area contributed by atoms with Gasteiger partial charge in [0.25, 0.3) is 0 Å². The summed E-state index contributed by atoms with van der Waals surface area (Å²) in [7, 11) is 0. The minimum atomic E-state index is -4.70. The highest BCUT2D eigenvalue weighted by Gasteiger charge is 2.31. The van der Waals surface area contributed by atoms with E-state index in [4.69, 9.17) is 4.74 Å². The van der Waals surface area contributed by atoms with Gasteiger partial charge >= 0.3 is 6.36 Å². The molecule has 0 saturated heterocycles. The van der Waals surface area contributed by atoms with Crippen molar-refractivity contribution in [1.29, 1.82) is 0 Å². The van der Waals surface area contributed by atoms with Gasteiger partial charge in [-0.1, -0.05) is 48.5 Å². The zero-order valence-electron chi connectivity index (χ0n) is 19.1. The summed E-state index contributed by atoms with van der Waals surface area (Å²) in [5.41, 5.74) is 3.98. The predicted molar refractivity (Wildman–Crippen MR) is 129 cm³/mol. The first-order valence-electron chi connectivity index (χ1n) is 11.9. The molecule has 3 aromatic carbocycles. The molecule has 0 aromatic heterocycles. The molecule has 1 aliphatic rings. The van der Waals surface area contributed by atoms with Crippen molar-refractivity contribution in [3.05, 3.63) is 78.4 Å². The van der Waals surface area contributed by atoms with Gasteiger partial charge in [0.15, 0.2) is 0 Å². The number of hydrogen-bond donors (Lipinski definition) is 1. The van der Waals surface area contributed by atoms with E-state index in [1.54, 1.807) is 12.1 Å². The first-order chi connectivity index (χ1) is 16.5. The maximum Gasteiger partial charge on any atom is 0.573 e. The highest BCUT2D eigenvalue weighted by atomic mass is 19.4. The molecule has 1 saturated carbocycles. The summed E-state index contributed by atoms with van der Waals surface area (Å²) < 4.78 is 47.6. The van der Waals surface area contributed by atoms with Crippen molar-refractivity contribution >= 4 is 5.69 Å². The summed E-state index contributed by atoms with van der Waals surface area (Å²) in [4.78, 5) is 0. The van der Waals surface area contributed by atoms with Gasteiger partial charge in [-0.25, -0.2) is 0 Å². The molecule has 180 valence electrons. The lowest BCUT2D eigenvalue weighted by molar-refractivity contribution is -0.274. The monoisotopic (exact) mass is 469 g/mol. The lowest BCUT2D eigenvalue weighted by Gasteiger charge is -2.19. The predicted octanol–water partition coefficient (Wildman–Crippen LogP) is 8.01. The molecule has 3 aromatic rings. The van der Waals surface area contributed by atoms with Crippen molar-refractivity contribution in [3.8, 4) is 22.6 Å². The van der Waals surface area contributed by atoms with E-state index in [2.05, 4.69) is 34.3 Å². The summed E-state index contributed by atoms with van der Waals surface area (Å²) in [6.07, 6.45) is 3.20. The Hall–Kier alpha value is -3.15. The number of halogens is 3. The number of alkyl halides is 3. The smallest absolute Gasteiger partial charge is 0.488 e. The Labute approximate surface area is 198 Å². The number of aryl methyl sites for hydroxylation is 1. The molecule has 1 N–H and O–H groups in total. The maximum atomic E-state index is 12.5. The lowest BCUT2D eigenvalue weighted by atomic mass is 10.0. The second-order valence-electron chi connectivity index (χ2n) is 8.68. The van der Waals surface area contributed by atoms with E-state index in [0.29, 0.717) is 0 Å². The standard InChI is InChI=1S/C28H30F3NO2/c29-28(30,31)34-25-16-13-22(14-17-25)23-15-18-27(33-24-11-4-5-12-24)26(20-23)32-19-7-6-10-21-8-2-1-3-9-21/h1-3,8-9,13-18,20,24,32H,4-7,10-12,19H2. The van der Waals surface area contributed by atoms with E-state index in [-0.39, 0.29) is 11.9 Å². The highest BCUT2D eigenvalue weighted by molar-refractivity contribution is 5.72. The Balaban J connectivity index is 1.42. The first kappa shape index (κ1) is 24.0. The van der Waals surface area contributed by atoms with Gasteiger partial charge in [-0.3, -0.25) is 0 Å². The molecule has 0 amide bonds. The zero-order chi connectivity index (χ0) is 23.8. The lowest BCUT2D eigenvalue weighted by Crippen LogP contribution is -2.16. The number of ether oxygens (including phenoxy) is 2. The molecule has 6 heteroatoms. The second kappa shape index (κ2) is 11.3. The van der Waals surface area contributed by atoms with Crippen LogP contribution in [-0.2, 0) is 6.42 Å². The van der Waals surface area contributed by atoms with Gasteiger partial charge < -0.3 is 14.8 Å². The zero-order valence-corrected chi connectivity index (χ0v) is 19.1. The number of unbranched alkanes of at least 4 members (excludes halogenated alkanes) is 1. The van der Waals surface area contributed by atoms with E-state index in [1.165, 1.54) is 30.5 Å². The average Bonchev–Trinajstić information content (AvgIpc) is 3.33. The van der Waals surface area contributed by atoms with E-state index >= 15 is 0 Å². The summed E-state index contributed by atoms with van der Waals surface area (Å²) in [6.45, 7) is 0.815. The molecule has 0 bridgehead atoms. The fourth-order valence-corrected chi connectivity index (χ4v) is 4.31. The van der Waals surface area contributed by atoms with Crippen molar-refractivity contribution in [2.45, 2.75) is 57.4 Å². The molecule has 3 nitrogen and oxygen atoms in total. The topological polar surface area (TPSA) is 30.5 Å². The van der Waals surface area contributed by atoms with Crippen LogP contribution in [0, 0.1) is 0 Å². The molecule has 0 radical (unpaired) electrons. The number of benzene rings is 3. The van der Waals surface area contributed by atoms with Gasteiger partial charge in [0.2, 0.25) is 0 Å². The fourth-order valence-electron chi connectivity index (χ4n) is 4.31. The van der Waals surface area contributed by atoms with Crippen molar-refractivity contribution < 1.29 is 22.6 Å². The molecule has 1 aliphatic carbocycles. The average molecular weight is 470 g/mol. The van der Waals surface area contributed by atoms with Crippen molar-refractivity contribution in [2.24, 2.45) is 0 Å². The third kappa shape index (κ3) is 7.17. The van der Waals surface area contributed by atoms with Crippen LogP contribution in [-0.4, -0.2) is 19.0 Å². The van der Waals surface area contributed by atoms with Crippen LogP contribution < -0.4 is 14.8 Å². The van der Waals surface area contributed by atoms with E-state index in [1.807, 2.05) is 24.3 Å². The van der Waals surface area contributed by atoms with Gasteiger partial charge in [0, 0.05) is 6.54 Å². The molecule has 0 heterocycles. The summed E-state index contributed by atoms with van der Waals surface area (Å²) in [5, 5.41) is 3.53. The molecule has 0 unspecified atom stereocenters. The van der Waals surface area contributed by atoms with Crippen LogP contribution in [0.15, 0.2) is 72.8 Å². The Bertz CT molecular complexity index is 1030. The molecule has 4 rings (SSSR count). The van der Waals surface area contributed by atoms with Crippen molar-refractivity contribution in [1.82, 2.24) is 0 Å². The molecule has 0 atom stereocenters. The van der Waals surface area contributed by atoms with Gasteiger partial charge in [-0.05, 0) is 85.9 Å². The third-order valence-corrected chi connectivity index (χ3v) is 6.05. The Kier molecular flexibility index (Phi) is 7.99. The van der Waals surface area contributed by atoms with E-state index in [9.17, 15) is 13.2 Å². The third-order valence-electron chi connectivity index (χ3n) is 6.05. The molecule has 0 aliphatic heterocycles. The van der Waals surface area contributed by atoms with E-state index in [0.717, 1.165) is 61.2 Å². The normalized spacial score (nSPS) is 14.2. The van der Waals surface area contributed by atoms with Gasteiger partial charge in [-0.15, -0.1) is 13.2 Å². The quantitative estimate of drug-likeness (QED) is 0.305. The number of hydrogen-bond acceptors (Lipinski definition) is 3. The molecular weight excluding hydrogens is 439 g/mol. The summed E-state index contributed by atoms with van der Waals surface area (Å²) >= 11 is 0. The number of rotatable bonds is 10. The Morgan fingerprint density at radius 2 is 1.53 bits per heavy atom. The molecule has 0 spiro atoms. The molecule has 34 heavy (non-hydrogen) atoms. The number of nitrogens with one attached hydrogen (secondary N) is 1. The molecular formula is C28H30F3NO2. The van der Waals surface area contributed by atoms with Gasteiger partial charge in [-0.2, -0.15) is 0 Å². The van der Waals surface area contributed by atoms with Crippen LogP contribution in [0.3, 0.4) is 0 Å². The minimum absolute atomic E-state index is 0.228. The number of anilines is 1. The largest absolute Gasteiger partial charge is 0.573 e. The van der Waals surface area contributed by atoms with Crippen LogP contribution >= 0.6 is 0 Å². The van der Waals surface area contributed by atoms with Crippen LogP contribution in [0.5, 0.6) is 11.5 Å². The Morgan fingerprint density at radius 3 is 2.24 bits per heavy atom. The second-order valence-corrected chi connectivity index (χ2v) is 8.68. The minimum Gasteiger partial charge on any atom is -0.488 e. The fraction of sp³-hybridized carbons (Fsp3) is 0.357. The van der Waals surface area contributed by atoms with Gasteiger partial charge in [0.05, 0.1) is 11.8 Å². The first-order valence-corrected chi connectivity index (χ1v) is 11.9. The maximum absolute atomic E-state index is 12.5. The highest BCUT2D eigenvalue weighted by Crippen LogP contribution is 2.35. The summed E-state index contributed by atoms with van der Waals surface area (Å²) in [6, 6.07) is 22.3. The SMILES string of the molecule is FC(F)(F)Oc1ccc(-c2ccc(OC3CCCC3)c(NCCCCc3ccccc3)c2)cc1. The van der Waals surface area contributed by atoms with Crippen molar-refractivity contribution in [2.75, 3.05) is 11.9 Å². The molecule has 1 fully saturated rings. The van der Waals surface area contributed by atoms with Gasteiger partial charge in [0.1, 0.15) is 11.5 Å². The van der Waals surface area contributed by atoms with E-state index < -0.39 is 6.36 Å². The van der Waals surface area contributed by atoms with Crippen LogP contribution in [0.4, 0.5) is 18.9 Å². The van der Waals surface area contributed by atoms with Crippen LogP contribution in [0.25, 0.3) is 11.1 Å². The van der Waals surface area contributed by atoms with Crippen LogP contribution in [0.1, 0.15) is 44.1 Å². The Morgan fingerprint density at radius 1 is 0.824 bits per heavy atom.